The lowest BCUT2D eigenvalue weighted by molar-refractivity contribution is -0.372. The minimum Gasteiger partial charge on any atom is -0.372 e. The SMILES string of the molecule is Cc1c(-c2nccc3cnc(Nc4ccc(SNCC(F)(F)F)cc4)cc23)ccc2c1cnn2CC(O)(C(F)(F)F)C(F)(F)F. The minimum atomic E-state index is -6.00. The number of alkyl halides is 9. The van der Waals surface area contributed by atoms with Gasteiger partial charge in [-0.1, -0.05) is 6.07 Å². The molecule has 0 spiro atoms. The predicted molar refractivity (Wildman–Crippen MR) is 150 cm³/mol. The second-order valence-corrected chi connectivity index (χ2v) is 10.9. The summed E-state index contributed by atoms with van der Waals surface area (Å²) in [6.07, 6.45) is -12.1. The molecule has 0 saturated carbocycles. The summed E-state index contributed by atoms with van der Waals surface area (Å²) < 4.78 is 120. The van der Waals surface area contributed by atoms with Crippen LogP contribution in [0.4, 0.5) is 51.0 Å². The quantitative estimate of drug-likeness (QED) is 0.116. The van der Waals surface area contributed by atoms with Crippen LogP contribution in [0.3, 0.4) is 0 Å². The van der Waals surface area contributed by atoms with Crippen LogP contribution in [-0.4, -0.2) is 55.5 Å². The molecule has 5 rings (SSSR count). The topological polar surface area (TPSA) is 87.9 Å². The zero-order valence-electron chi connectivity index (χ0n) is 22.8. The molecule has 3 heterocycles. The number of pyridine rings is 2. The smallest absolute Gasteiger partial charge is 0.372 e. The van der Waals surface area contributed by atoms with Crippen molar-refractivity contribution >= 4 is 45.1 Å². The van der Waals surface area contributed by atoms with Crippen molar-refractivity contribution in [1.29, 1.82) is 0 Å². The van der Waals surface area contributed by atoms with Crippen LogP contribution in [0.25, 0.3) is 32.9 Å². The lowest BCUT2D eigenvalue weighted by Gasteiger charge is -2.32. The summed E-state index contributed by atoms with van der Waals surface area (Å²) in [5.41, 5.74) is -3.02. The Bertz CT molecular complexity index is 1820. The van der Waals surface area contributed by atoms with Gasteiger partial charge in [0.2, 0.25) is 0 Å². The van der Waals surface area contributed by atoms with Gasteiger partial charge in [-0.2, -0.15) is 44.6 Å². The third kappa shape index (κ3) is 6.64. The van der Waals surface area contributed by atoms with Crippen LogP contribution in [0.2, 0.25) is 0 Å². The van der Waals surface area contributed by atoms with E-state index in [1.54, 1.807) is 49.5 Å². The lowest BCUT2D eigenvalue weighted by Crippen LogP contribution is -2.59. The van der Waals surface area contributed by atoms with Gasteiger partial charge in [0.1, 0.15) is 12.4 Å². The van der Waals surface area contributed by atoms with Gasteiger partial charge < -0.3 is 10.4 Å². The highest BCUT2D eigenvalue weighted by Crippen LogP contribution is 2.44. The molecule has 0 amide bonds. The van der Waals surface area contributed by atoms with Crippen LogP contribution in [0.5, 0.6) is 0 Å². The highest BCUT2D eigenvalue weighted by Gasteiger charge is 2.70. The fraction of sp³-hybridized carbons (Fsp3) is 0.250. The van der Waals surface area contributed by atoms with E-state index in [1.165, 1.54) is 18.3 Å². The maximum atomic E-state index is 13.3. The Morgan fingerprint density at radius 3 is 2.18 bits per heavy atom. The second-order valence-electron chi connectivity index (χ2n) is 9.97. The van der Waals surface area contributed by atoms with Gasteiger partial charge in [0.15, 0.2) is 0 Å². The first kappa shape index (κ1) is 32.3. The van der Waals surface area contributed by atoms with Crippen LogP contribution < -0.4 is 10.0 Å². The molecule has 0 saturated heterocycles. The molecule has 238 valence electrons. The Kier molecular flexibility index (Phi) is 8.39. The largest absolute Gasteiger partial charge is 0.428 e. The van der Waals surface area contributed by atoms with Crippen molar-refractivity contribution in [3.63, 3.8) is 0 Å². The van der Waals surface area contributed by atoms with Crippen LogP contribution in [0, 0.1) is 6.92 Å². The van der Waals surface area contributed by atoms with Crippen molar-refractivity contribution in [1.82, 2.24) is 24.5 Å². The van der Waals surface area contributed by atoms with Crippen LogP contribution in [0.1, 0.15) is 5.56 Å². The number of nitrogens with zero attached hydrogens (tertiary/aromatic N) is 4. The summed E-state index contributed by atoms with van der Waals surface area (Å²) in [5.74, 6) is 0.400. The maximum Gasteiger partial charge on any atom is 0.428 e. The van der Waals surface area contributed by atoms with Gasteiger partial charge in [-0.3, -0.25) is 14.4 Å². The summed E-state index contributed by atoms with van der Waals surface area (Å²) >= 11 is 0.832. The molecule has 5 aromatic rings. The maximum absolute atomic E-state index is 13.3. The number of aromatic nitrogens is 4. The monoisotopic (exact) mass is 660 g/mol. The highest BCUT2D eigenvalue weighted by atomic mass is 32.2. The molecule has 0 aliphatic carbocycles. The fourth-order valence-electron chi connectivity index (χ4n) is 4.54. The summed E-state index contributed by atoms with van der Waals surface area (Å²) in [6.45, 7) is -1.42. The molecule has 3 N–H and O–H groups in total. The van der Waals surface area contributed by atoms with Crippen molar-refractivity contribution in [3.05, 3.63) is 72.7 Å². The van der Waals surface area contributed by atoms with Gasteiger partial charge in [0, 0.05) is 44.7 Å². The van der Waals surface area contributed by atoms with Crippen molar-refractivity contribution < 1.29 is 44.6 Å². The van der Waals surface area contributed by atoms with E-state index < -0.39 is 37.2 Å². The van der Waals surface area contributed by atoms with Gasteiger partial charge >= 0.3 is 18.5 Å². The molecule has 7 nitrogen and oxygen atoms in total. The van der Waals surface area contributed by atoms with Crippen molar-refractivity contribution in [3.8, 4) is 11.3 Å². The van der Waals surface area contributed by atoms with Crippen LogP contribution in [-0.2, 0) is 6.54 Å². The van der Waals surface area contributed by atoms with E-state index in [0.29, 0.717) is 48.7 Å². The molecule has 45 heavy (non-hydrogen) atoms. The first-order valence-corrected chi connectivity index (χ1v) is 13.7. The molecule has 0 radical (unpaired) electrons. The number of nitrogens with one attached hydrogen (secondary N) is 2. The number of halogens is 9. The molecular formula is C28H21F9N6OS. The number of hydrogen-bond donors (Lipinski definition) is 3. The van der Waals surface area contributed by atoms with E-state index in [9.17, 15) is 44.6 Å². The summed E-state index contributed by atoms with van der Waals surface area (Å²) in [4.78, 5) is 9.41. The summed E-state index contributed by atoms with van der Waals surface area (Å²) in [5, 5.41) is 18.1. The minimum absolute atomic E-state index is 0.0531. The van der Waals surface area contributed by atoms with E-state index >= 15 is 0 Å². The average molecular weight is 661 g/mol. The number of anilines is 2. The van der Waals surface area contributed by atoms with Crippen molar-refractivity contribution in [2.75, 3.05) is 11.9 Å². The Morgan fingerprint density at radius 2 is 1.53 bits per heavy atom. The Labute approximate surface area is 252 Å². The van der Waals surface area contributed by atoms with E-state index in [-0.39, 0.29) is 10.9 Å². The number of aliphatic hydroxyl groups is 1. The normalized spacial score (nSPS) is 13.1. The second kappa shape index (κ2) is 11.7. The number of hydrogen-bond acceptors (Lipinski definition) is 7. The van der Waals surface area contributed by atoms with Gasteiger partial charge in [-0.05, 0) is 66.9 Å². The standard InChI is InChI=1S/C28H21F9N6OS/c1-15-19(6-7-22-21(15)12-40-43(22)14-25(44,27(32,33)34)28(35,36)37)24-20-10-23(39-11-16(20)8-9-38-24)42-17-2-4-18(5-3-17)45-41-13-26(29,30)31/h2-12,41,44H,13-14H2,1H3,(H,39,42). The number of rotatable bonds is 8. The summed E-state index contributed by atoms with van der Waals surface area (Å²) in [7, 11) is 0. The van der Waals surface area contributed by atoms with E-state index in [1.807, 2.05) is 0 Å². The van der Waals surface area contributed by atoms with Crippen molar-refractivity contribution in [2.45, 2.75) is 42.5 Å². The first-order chi connectivity index (χ1) is 21.0. The Hall–Kier alpha value is -4.09. The van der Waals surface area contributed by atoms with Gasteiger partial charge in [0.25, 0.3) is 5.60 Å². The molecule has 3 aromatic heterocycles. The van der Waals surface area contributed by atoms with Crippen molar-refractivity contribution in [2.24, 2.45) is 0 Å². The molecule has 0 bridgehead atoms. The van der Waals surface area contributed by atoms with Gasteiger partial charge in [0.05, 0.1) is 24.0 Å². The molecule has 0 fully saturated rings. The fourth-order valence-corrected chi connectivity index (χ4v) is 5.21. The zero-order valence-corrected chi connectivity index (χ0v) is 23.6. The molecule has 0 unspecified atom stereocenters. The Morgan fingerprint density at radius 1 is 0.844 bits per heavy atom. The number of aryl methyl sites for hydroxylation is 1. The number of fused-ring (bicyclic) bond motifs is 2. The third-order valence-corrected chi connectivity index (χ3v) is 7.70. The first-order valence-electron chi connectivity index (χ1n) is 12.9. The lowest BCUT2D eigenvalue weighted by atomic mass is 9.98. The molecule has 0 aliphatic rings. The molecule has 17 heteroatoms. The zero-order chi connectivity index (χ0) is 32.8. The average Bonchev–Trinajstić information content (AvgIpc) is 3.35. The predicted octanol–water partition coefficient (Wildman–Crippen LogP) is 7.71. The van der Waals surface area contributed by atoms with Crippen LogP contribution >= 0.6 is 11.9 Å². The molecule has 2 aromatic carbocycles. The van der Waals surface area contributed by atoms with Gasteiger partial charge in [-0.25, -0.2) is 4.98 Å². The molecule has 0 aliphatic heterocycles. The van der Waals surface area contributed by atoms with E-state index in [0.717, 1.165) is 18.1 Å². The van der Waals surface area contributed by atoms with E-state index in [4.69, 9.17) is 0 Å². The van der Waals surface area contributed by atoms with Gasteiger partial charge in [-0.15, -0.1) is 0 Å². The number of benzene rings is 2. The Balaban J connectivity index is 1.44. The molecular weight excluding hydrogens is 639 g/mol. The third-order valence-electron chi connectivity index (χ3n) is 6.90. The molecule has 0 atom stereocenters. The van der Waals surface area contributed by atoms with E-state index in [2.05, 4.69) is 25.1 Å². The highest BCUT2D eigenvalue weighted by molar-refractivity contribution is 7.97. The van der Waals surface area contributed by atoms with Crippen LogP contribution in [0.15, 0.2) is 72.0 Å². The summed E-state index contributed by atoms with van der Waals surface area (Å²) in [6, 6.07) is 12.8.